The van der Waals surface area contributed by atoms with Crippen LogP contribution in [0.15, 0.2) is 24.3 Å². The maximum Gasteiger partial charge on any atom is 0.500 e. The Morgan fingerprint density at radius 2 is 1.26 bits per heavy atom. The lowest BCUT2D eigenvalue weighted by atomic mass is 9.77. The summed E-state index contributed by atoms with van der Waals surface area (Å²) in [6.45, 7) is 26.0. The number of hydrogen-bond acceptors (Lipinski definition) is 6. The number of aryl methyl sites for hydroxylation is 1. The van der Waals surface area contributed by atoms with E-state index in [2.05, 4.69) is 89.6 Å². The number of piperazine rings is 1. The average molecular weight is 663 g/mol. The zero-order valence-corrected chi connectivity index (χ0v) is 32.6. The quantitative estimate of drug-likeness (QED) is 0.0910. The van der Waals surface area contributed by atoms with Crippen molar-refractivity contribution in [2.75, 3.05) is 26.4 Å². The first kappa shape index (κ1) is 40.9. The highest BCUT2D eigenvalue weighted by molar-refractivity contribution is 6.60. The number of rotatable bonds is 22. The molecule has 8 heteroatoms. The Hall–Kier alpha value is -1.29. The molecular formula is C38H70N2O5Si. The molecule has 0 aromatic heterocycles. The fourth-order valence-electron chi connectivity index (χ4n) is 7.13. The van der Waals surface area contributed by atoms with Crippen molar-refractivity contribution in [3.8, 4) is 0 Å². The van der Waals surface area contributed by atoms with Crippen LogP contribution in [0.1, 0.15) is 158 Å². The van der Waals surface area contributed by atoms with Gasteiger partial charge in [0.15, 0.2) is 0 Å². The minimum atomic E-state index is -2.50. The number of carbonyl (C=O) groups excluding carboxylic acids is 1. The number of unbranched alkanes of at least 4 members (excludes halogenated alkanes) is 5. The van der Waals surface area contributed by atoms with E-state index in [0.717, 1.165) is 50.1 Å². The minimum absolute atomic E-state index is 0.145. The number of amides is 1. The maximum atomic E-state index is 14.2. The summed E-state index contributed by atoms with van der Waals surface area (Å²) in [6, 6.07) is 9.87. The molecule has 1 atom stereocenters. The third-order valence-corrected chi connectivity index (χ3v) is 13.4. The molecule has 1 aromatic rings. The van der Waals surface area contributed by atoms with E-state index >= 15 is 0 Å². The van der Waals surface area contributed by atoms with Gasteiger partial charge in [0, 0.05) is 37.9 Å². The number of hydrogen-bond donors (Lipinski definition) is 0. The van der Waals surface area contributed by atoms with Crippen LogP contribution in [-0.4, -0.2) is 67.7 Å². The third kappa shape index (κ3) is 10.1. The largest absolute Gasteiger partial charge is 0.500 e. The molecule has 1 heterocycles. The van der Waals surface area contributed by atoms with Crippen molar-refractivity contribution in [2.45, 2.75) is 176 Å². The molecule has 1 unspecified atom stereocenters. The summed E-state index contributed by atoms with van der Waals surface area (Å²) in [4.78, 5) is 23.2. The molecule has 1 amide bonds. The van der Waals surface area contributed by atoms with Crippen LogP contribution in [0.25, 0.3) is 0 Å². The first-order valence-corrected chi connectivity index (χ1v) is 20.6. The summed E-state index contributed by atoms with van der Waals surface area (Å²) in [5.41, 5.74) is 1.39. The molecule has 0 radical (unpaired) electrons. The Bertz CT molecular complexity index is 986. The van der Waals surface area contributed by atoms with Gasteiger partial charge in [0.1, 0.15) is 11.6 Å². The smallest absolute Gasteiger partial charge is 0.374 e. The highest BCUT2D eigenvalue weighted by Crippen LogP contribution is 2.45. The van der Waals surface area contributed by atoms with Crippen LogP contribution in [0.5, 0.6) is 0 Å². The van der Waals surface area contributed by atoms with Crippen molar-refractivity contribution < 1.29 is 22.9 Å². The number of hydroxylamine groups is 2. The summed E-state index contributed by atoms with van der Waals surface area (Å²) in [7, 11) is -2.50. The standard InChI is InChI=1S/C38H70N2O5Si/c1-12-37(13-2)31-39(36(9,10)11)35(41)38(14-3,15-4)40(37)45-32(8)34-28-26-33(27-29-34)25-23-21-19-20-22-24-30-46(42-16-5,43-17-6)44-18-7/h26-29,32H,12-25,30-31H2,1-11H3. The normalized spacial score (nSPS) is 17.9. The van der Waals surface area contributed by atoms with Crippen LogP contribution in [0.3, 0.4) is 0 Å². The Morgan fingerprint density at radius 3 is 1.72 bits per heavy atom. The predicted molar refractivity (Wildman–Crippen MR) is 193 cm³/mol. The van der Waals surface area contributed by atoms with Crippen LogP contribution in [0.4, 0.5) is 0 Å². The topological polar surface area (TPSA) is 60.5 Å². The van der Waals surface area contributed by atoms with Crippen LogP contribution >= 0.6 is 0 Å². The SMILES string of the molecule is CCO[Si](CCCCCCCCc1ccc(C(C)ON2C(CC)(CC)CN(C(C)(C)C)C(=O)C2(CC)CC)cc1)(OCC)OCC. The van der Waals surface area contributed by atoms with E-state index in [1.165, 1.54) is 37.7 Å². The van der Waals surface area contributed by atoms with E-state index in [0.29, 0.717) is 26.4 Å². The molecule has 266 valence electrons. The Labute approximate surface area is 284 Å². The van der Waals surface area contributed by atoms with Crippen LogP contribution in [-0.2, 0) is 29.3 Å². The highest BCUT2D eigenvalue weighted by atomic mass is 28.4. The summed E-state index contributed by atoms with van der Waals surface area (Å²) in [5.74, 6) is 0.196. The van der Waals surface area contributed by atoms with E-state index in [9.17, 15) is 4.79 Å². The first-order valence-electron chi connectivity index (χ1n) is 18.7. The van der Waals surface area contributed by atoms with Crippen molar-refractivity contribution in [1.29, 1.82) is 0 Å². The van der Waals surface area contributed by atoms with Gasteiger partial charge in [-0.2, -0.15) is 5.06 Å². The second-order valence-corrected chi connectivity index (χ2v) is 16.9. The fourth-order valence-corrected chi connectivity index (χ4v) is 9.82. The van der Waals surface area contributed by atoms with Crippen LogP contribution in [0.2, 0.25) is 6.04 Å². The van der Waals surface area contributed by atoms with Crippen molar-refractivity contribution in [1.82, 2.24) is 9.96 Å². The Balaban J connectivity index is 1.95. The number of carbonyl (C=O) groups is 1. The summed E-state index contributed by atoms with van der Waals surface area (Å²) in [6.07, 6.45) is 11.5. The van der Waals surface area contributed by atoms with E-state index in [1.54, 1.807) is 0 Å². The summed E-state index contributed by atoms with van der Waals surface area (Å²) < 4.78 is 18.0. The maximum absolute atomic E-state index is 14.2. The zero-order valence-electron chi connectivity index (χ0n) is 31.6. The molecular weight excluding hydrogens is 593 g/mol. The lowest BCUT2D eigenvalue weighted by molar-refractivity contribution is -0.320. The van der Waals surface area contributed by atoms with Gasteiger partial charge in [-0.15, -0.1) is 0 Å². The lowest BCUT2D eigenvalue weighted by Gasteiger charge is -2.61. The van der Waals surface area contributed by atoms with E-state index in [4.69, 9.17) is 18.1 Å². The monoisotopic (exact) mass is 663 g/mol. The Kier molecular flexibility index (Phi) is 16.9. The molecule has 0 spiro atoms. The molecule has 1 aliphatic heterocycles. The molecule has 1 fully saturated rings. The summed E-state index contributed by atoms with van der Waals surface area (Å²) >= 11 is 0. The molecule has 0 N–H and O–H groups in total. The van der Waals surface area contributed by atoms with Crippen molar-refractivity contribution in [3.05, 3.63) is 35.4 Å². The molecule has 1 aromatic carbocycles. The van der Waals surface area contributed by atoms with Gasteiger partial charge in [0.05, 0.1) is 5.54 Å². The molecule has 46 heavy (non-hydrogen) atoms. The van der Waals surface area contributed by atoms with E-state index in [1.807, 2.05) is 20.8 Å². The fraction of sp³-hybridized carbons (Fsp3) is 0.816. The van der Waals surface area contributed by atoms with Crippen LogP contribution in [0, 0.1) is 0 Å². The molecule has 2 rings (SSSR count). The molecule has 0 aliphatic carbocycles. The third-order valence-electron chi connectivity index (χ3n) is 10.2. The second-order valence-electron chi connectivity index (χ2n) is 14.1. The molecule has 0 bridgehead atoms. The van der Waals surface area contributed by atoms with Crippen LogP contribution < -0.4 is 0 Å². The van der Waals surface area contributed by atoms with Crippen molar-refractivity contribution in [3.63, 3.8) is 0 Å². The van der Waals surface area contributed by atoms with Gasteiger partial charge in [0.2, 0.25) is 5.91 Å². The average Bonchev–Trinajstić information content (AvgIpc) is 3.03. The van der Waals surface area contributed by atoms with E-state index < -0.39 is 14.3 Å². The molecule has 7 nitrogen and oxygen atoms in total. The molecule has 0 saturated carbocycles. The lowest BCUT2D eigenvalue weighted by Crippen LogP contribution is -2.76. The molecule has 1 saturated heterocycles. The van der Waals surface area contributed by atoms with Gasteiger partial charge in [-0.3, -0.25) is 9.63 Å². The molecule has 1 aliphatic rings. The van der Waals surface area contributed by atoms with Gasteiger partial charge < -0.3 is 18.2 Å². The Morgan fingerprint density at radius 1 is 0.761 bits per heavy atom. The second kappa shape index (κ2) is 19.0. The highest BCUT2D eigenvalue weighted by Gasteiger charge is 2.59. The first-order chi connectivity index (χ1) is 21.9. The van der Waals surface area contributed by atoms with Gasteiger partial charge >= 0.3 is 8.80 Å². The minimum Gasteiger partial charge on any atom is -0.374 e. The van der Waals surface area contributed by atoms with Gasteiger partial charge in [-0.25, -0.2) is 0 Å². The number of nitrogens with zero attached hydrogens (tertiary/aromatic N) is 2. The van der Waals surface area contributed by atoms with Gasteiger partial charge in [-0.1, -0.05) is 77.6 Å². The van der Waals surface area contributed by atoms with Gasteiger partial charge in [-0.05, 0) is 105 Å². The van der Waals surface area contributed by atoms with Crippen molar-refractivity contribution in [2.24, 2.45) is 0 Å². The number of benzene rings is 1. The zero-order chi connectivity index (χ0) is 34.4. The summed E-state index contributed by atoms with van der Waals surface area (Å²) in [5, 5.41) is 2.16. The van der Waals surface area contributed by atoms with E-state index in [-0.39, 0.29) is 23.1 Å². The van der Waals surface area contributed by atoms with Gasteiger partial charge in [0.25, 0.3) is 0 Å². The predicted octanol–water partition coefficient (Wildman–Crippen LogP) is 9.67. The van der Waals surface area contributed by atoms with Crippen molar-refractivity contribution >= 4 is 14.7 Å².